The Balaban J connectivity index is 3.12. The molecule has 82 valence electrons. The van der Waals surface area contributed by atoms with E-state index >= 15 is 0 Å². The molecule has 1 aromatic carbocycles. The van der Waals surface area contributed by atoms with Crippen LogP contribution in [0.1, 0.15) is 0 Å². The molecular formula is C11H8BrNO3. The maximum absolute atomic E-state index is 12.0. The van der Waals surface area contributed by atoms with E-state index in [4.69, 9.17) is 4.74 Å². The lowest BCUT2D eigenvalue weighted by molar-refractivity contribution is 0.406. The van der Waals surface area contributed by atoms with E-state index in [0.717, 1.165) is 0 Å². The predicted octanol–water partition coefficient (Wildman–Crippen LogP) is 1.66. The maximum atomic E-state index is 12.0. The molecule has 0 aliphatic carbocycles. The first-order valence-corrected chi connectivity index (χ1v) is 5.33. The first kappa shape index (κ1) is 10.9. The molecule has 0 spiro atoms. The number of hydrogen-bond donors (Lipinski definition) is 1. The lowest BCUT2D eigenvalue weighted by Gasteiger charge is -1.93. The summed E-state index contributed by atoms with van der Waals surface area (Å²) in [5, 5.41) is 0.440. The highest BCUT2D eigenvalue weighted by Gasteiger charge is 2.10. The normalized spacial score (nSPS) is 10.4. The zero-order chi connectivity index (χ0) is 11.7. The number of ether oxygens (including phenoxy) is 1. The van der Waals surface area contributed by atoms with Crippen LogP contribution >= 0.6 is 15.9 Å². The van der Waals surface area contributed by atoms with Crippen LogP contribution in [0.3, 0.4) is 0 Å². The summed E-state index contributed by atoms with van der Waals surface area (Å²) < 4.78 is 5.03. The second kappa shape index (κ2) is 4.09. The molecule has 0 bridgehead atoms. The molecule has 0 aliphatic heterocycles. The highest BCUT2D eigenvalue weighted by molar-refractivity contribution is 9.10. The Bertz CT molecular complexity index is 663. The van der Waals surface area contributed by atoms with Gasteiger partial charge in [0.2, 0.25) is 11.2 Å². The van der Waals surface area contributed by atoms with Gasteiger partial charge in [0.15, 0.2) is 0 Å². The Morgan fingerprint density at radius 2 is 1.94 bits per heavy atom. The molecule has 0 radical (unpaired) electrons. The SMILES string of the molecule is COc1c(Br)c(=O)c2ccccc2[nH]c1=O. The third-order valence-corrected chi connectivity index (χ3v) is 2.95. The van der Waals surface area contributed by atoms with Crippen LogP contribution in [0.5, 0.6) is 5.75 Å². The highest BCUT2D eigenvalue weighted by atomic mass is 79.9. The largest absolute Gasteiger partial charge is 0.490 e. The number of nitrogens with one attached hydrogen (secondary N) is 1. The molecule has 0 aliphatic rings. The second-order valence-corrected chi connectivity index (χ2v) is 3.97. The second-order valence-electron chi connectivity index (χ2n) is 3.18. The van der Waals surface area contributed by atoms with Crippen LogP contribution in [-0.4, -0.2) is 12.1 Å². The molecule has 4 nitrogen and oxygen atoms in total. The van der Waals surface area contributed by atoms with E-state index in [1.807, 2.05) is 0 Å². The molecule has 16 heavy (non-hydrogen) atoms. The van der Waals surface area contributed by atoms with Crippen LogP contribution in [0.15, 0.2) is 38.3 Å². The number of methoxy groups -OCH3 is 1. The number of hydrogen-bond acceptors (Lipinski definition) is 3. The Kier molecular flexibility index (Phi) is 2.78. The van der Waals surface area contributed by atoms with Gasteiger partial charge in [0.1, 0.15) is 4.47 Å². The number of para-hydroxylation sites is 1. The van der Waals surface area contributed by atoms with E-state index in [1.54, 1.807) is 24.3 Å². The van der Waals surface area contributed by atoms with E-state index in [0.29, 0.717) is 10.9 Å². The van der Waals surface area contributed by atoms with Gasteiger partial charge < -0.3 is 9.72 Å². The number of aromatic nitrogens is 1. The minimum absolute atomic E-state index is 0.0128. The Morgan fingerprint density at radius 3 is 2.62 bits per heavy atom. The summed E-state index contributed by atoms with van der Waals surface area (Å²) in [7, 11) is 1.35. The predicted molar refractivity (Wildman–Crippen MR) is 65.1 cm³/mol. The van der Waals surface area contributed by atoms with Crippen molar-refractivity contribution in [2.24, 2.45) is 0 Å². The van der Waals surface area contributed by atoms with Crippen LogP contribution in [0.25, 0.3) is 10.9 Å². The van der Waals surface area contributed by atoms with Crippen LogP contribution in [0.2, 0.25) is 0 Å². The first-order chi connectivity index (χ1) is 7.65. The van der Waals surface area contributed by atoms with Crippen LogP contribution < -0.4 is 15.7 Å². The third-order valence-electron chi connectivity index (χ3n) is 2.23. The lowest BCUT2D eigenvalue weighted by Crippen LogP contribution is -2.07. The van der Waals surface area contributed by atoms with Gasteiger partial charge in [0.05, 0.1) is 12.6 Å². The van der Waals surface area contributed by atoms with Crippen molar-refractivity contribution < 1.29 is 4.74 Å². The molecule has 5 heteroatoms. The standard InChI is InChI=1S/C11H8BrNO3/c1-16-10-8(12)9(14)6-4-2-3-5-7(6)13-11(10)15/h2-5H,1H3,(H,13,15). The minimum Gasteiger partial charge on any atom is -0.490 e. The molecule has 2 rings (SSSR count). The Morgan fingerprint density at radius 1 is 1.25 bits per heavy atom. The van der Waals surface area contributed by atoms with Gasteiger partial charge in [-0.15, -0.1) is 0 Å². The van der Waals surface area contributed by atoms with Gasteiger partial charge in [0, 0.05) is 5.39 Å². The van der Waals surface area contributed by atoms with E-state index in [-0.39, 0.29) is 15.7 Å². The zero-order valence-corrected chi connectivity index (χ0v) is 10.00. The van der Waals surface area contributed by atoms with Crippen molar-refractivity contribution in [3.05, 3.63) is 49.3 Å². The summed E-state index contributed by atoms with van der Waals surface area (Å²) in [6.07, 6.45) is 0. The monoisotopic (exact) mass is 281 g/mol. The minimum atomic E-state index is -0.437. The van der Waals surface area contributed by atoms with E-state index in [9.17, 15) is 9.59 Å². The van der Waals surface area contributed by atoms with Crippen molar-refractivity contribution in [2.75, 3.05) is 7.11 Å². The fraction of sp³-hybridized carbons (Fsp3) is 0.0909. The number of halogens is 1. The summed E-state index contributed by atoms with van der Waals surface area (Å²) in [4.78, 5) is 26.3. The van der Waals surface area contributed by atoms with Gasteiger partial charge in [0.25, 0.3) is 5.56 Å². The molecule has 0 atom stereocenters. The summed E-state index contributed by atoms with van der Waals surface area (Å²) in [5.74, 6) is -0.0128. The number of aromatic amines is 1. The van der Waals surface area contributed by atoms with Gasteiger partial charge >= 0.3 is 0 Å². The molecule has 0 unspecified atom stereocenters. The van der Waals surface area contributed by atoms with Crippen LogP contribution in [-0.2, 0) is 0 Å². The van der Waals surface area contributed by atoms with Crippen molar-refractivity contribution >= 4 is 26.8 Å². The van der Waals surface area contributed by atoms with Gasteiger partial charge in [-0.25, -0.2) is 0 Å². The van der Waals surface area contributed by atoms with Crippen molar-refractivity contribution in [1.82, 2.24) is 4.98 Å². The number of H-pyrrole nitrogens is 1. The molecule has 0 saturated carbocycles. The summed E-state index contributed by atoms with van der Waals surface area (Å²) >= 11 is 3.08. The average molecular weight is 282 g/mol. The molecule has 1 heterocycles. The number of benzene rings is 1. The topological polar surface area (TPSA) is 59.2 Å². The molecule has 2 aromatic rings. The average Bonchev–Trinajstić information content (AvgIpc) is 2.37. The molecule has 0 amide bonds. The van der Waals surface area contributed by atoms with Crippen molar-refractivity contribution in [1.29, 1.82) is 0 Å². The van der Waals surface area contributed by atoms with Gasteiger partial charge in [-0.2, -0.15) is 0 Å². The molecule has 1 aromatic heterocycles. The van der Waals surface area contributed by atoms with Crippen LogP contribution in [0.4, 0.5) is 0 Å². The van der Waals surface area contributed by atoms with Crippen molar-refractivity contribution in [3.63, 3.8) is 0 Å². The molecule has 0 fully saturated rings. The first-order valence-electron chi connectivity index (χ1n) is 4.54. The lowest BCUT2D eigenvalue weighted by atomic mass is 10.2. The molecule has 1 N–H and O–H groups in total. The summed E-state index contributed by atoms with van der Waals surface area (Å²) in [6.45, 7) is 0. The highest BCUT2D eigenvalue weighted by Crippen LogP contribution is 2.16. The molecular weight excluding hydrogens is 274 g/mol. The maximum Gasteiger partial charge on any atom is 0.292 e. The Hall–Kier alpha value is -1.62. The van der Waals surface area contributed by atoms with Crippen molar-refractivity contribution in [2.45, 2.75) is 0 Å². The van der Waals surface area contributed by atoms with E-state index < -0.39 is 5.56 Å². The fourth-order valence-corrected chi connectivity index (χ4v) is 2.03. The van der Waals surface area contributed by atoms with Gasteiger partial charge in [-0.3, -0.25) is 9.59 Å². The number of rotatable bonds is 1. The quantitative estimate of drug-likeness (QED) is 0.865. The summed E-state index contributed by atoms with van der Waals surface area (Å²) in [5.41, 5.74) is -0.222. The smallest absolute Gasteiger partial charge is 0.292 e. The van der Waals surface area contributed by atoms with Crippen LogP contribution in [0, 0.1) is 0 Å². The van der Waals surface area contributed by atoms with Gasteiger partial charge in [-0.1, -0.05) is 12.1 Å². The molecule has 0 saturated heterocycles. The van der Waals surface area contributed by atoms with Crippen molar-refractivity contribution in [3.8, 4) is 5.75 Å². The van der Waals surface area contributed by atoms with E-state index in [2.05, 4.69) is 20.9 Å². The Labute approximate surface area is 99.0 Å². The fourth-order valence-electron chi connectivity index (χ4n) is 1.47. The number of fused-ring (bicyclic) bond motifs is 1. The van der Waals surface area contributed by atoms with E-state index in [1.165, 1.54) is 7.11 Å². The zero-order valence-electron chi connectivity index (χ0n) is 8.41. The summed E-state index contributed by atoms with van der Waals surface area (Å²) in [6, 6.07) is 6.81. The third kappa shape index (κ3) is 1.63. The van der Waals surface area contributed by atoms with Gasteiger partial charge in [-0.05, 0) is 28.1 Å².